The third-order valence-electron chi connectivity index (χ3n) is 3.94. The second-order valence-electron chi connectivity index (χ2n) is 5.25. The lowest BCUT2D eigenvalue weighted by Crippen LogP contribution is -2.40. The van der Waals surface area contributed by atoms with Crippen LogP contribution in [-0.2, 0) is 0 Å². The highest BCUT2D eigenvalue weighted by Gasteiger charge is 2.24. The van der Waals surface area contributed by atoms with Gasteiger partial charge in [-0.05, 0) is 31.7 Å². The first-order valence-corrected chi connectivity index (χ1v) is 6.72. The number of nitriles is 1. The lowest BCUT2D eigenvalue weighted by Gasteiger charge is -2.35. The van der Waals surface area contributed by atoms with Gasteiger partial charge in [-0.1, -0.05) is 0 Å². The molecule has 2 N–H and O–H groups in total. The van der Waals surface area contributed by atoms with Crippen molar-refractivity contribution in [3.8, 4) is 6.07 Å². The molecule has 0 aromatic heterocycles. The fourth-order valence-electron chi connectivity index (χ4n) is 2.67. The zero-order valence-corrected chi connectivity index (χ0v) is 11.5. The number of hydrogen-bond donors (Lipinski definition) is 1. The molecule has 1 aliphatic rings. The Morgan fingerprint density at radius 2 is 2.15 bits per heavy atom. The molecular formula is C14H18N4O2. The Balaban J connectivity index is 2.18. The van der Waals surface area contributed by atoms with Crippen molar-refractivity contribution < 1.29 is 4.92 Å². The maximum atomic E-state index is 10.7. The number of nitrogens with zero attached hydrogens (tertiary/aromatic N) is 3. The first-order valence-electron chi connectivity index (χ1n) is 6.72. The average Bonchev–Trinajstić information content (AvgIpc) is 2.46. The molecule has 0 saturated carbocycles. The topological polar surface area (TPSA) is 96.2 Å². The minimum Gasteiger partial charge on any atom is -0.370 e. The van der Waals surface area contributed by atoms with Gasteiger partial charge in [0.15, 0.2) is 0 Å². The molecule has 0 amide bonds. The van der Waals surface area contributed by atoms with Gasteiger partial charge in [0.25, 0.3) is 5.69 Å². The molecule has 0 aliphatic carbocycles. The molecule has 1 fully saturated rings. The van der Waals surface area contributed by atoms with Gasteiger partial charge in [-0.25, -0.2) is 0 Å². The Kier molecular flexibility index (Phi) is 4.20. The summed E-state index contributed by atoms with van der Waals surface area (Å²) < 4.78 is 0. The first kappa shape index (κ1) is 14.3. The summed E-state index contributed by atoms with van der Waals surface area (Å²) in [5.41, 5.74) is 7.01. The average molecular weight is 274 g/mol. The molecule has 0 bridgehead atoms. The van der Waals surface area contributed by atoms with E-state index in [1.165, 1.54) is 12.1 Å². The molecule has 0 spiro atoms. The Hall–Kier alpha value is -2.13. The van der Waals surface area contributed by atoms with Crippen LogP contribution in [0.5, 0.6) is 0 Å². The van der Waals surface area contributed by atoms with Crippen LogP contribution in [0.15, 0.2) is 18.2 Å². The lowest BCUT2D eigenvalue weighted by atomic mass is 9.90. The summed E-state index contributed by atoms with van der Waals surface area (Å²) in [7, 11) is 0. The largest absolute Gasteiger partial charge is 0.370 e. The number of rotatable bonds is 3. The van der Waals surface area contributed by atoms with Gasteiger partial charge in [-0.3, -0.25) is 10.1 Å². The summed E-state index contributed by atoms with van der Waals surface area (Å²) in [6, 6.07) is 6.70. The fraction of sp³-hybridized carbons (Fsp3) is 0.500. The zero-order valence-electron chi connectivity index (χ0n) is 11.5. The molecular weight excluding hydrogens is 256 g/mol. The van der Waals surface area contributed by atoms with E-state index in [1.54, 1.807) is 6.07 Å². The standard InChI is InChI=1S/C14H18N4O2/c1-10(16)11-4-6-17(7-5-11)14-3-2-13(18(19)20)8-12(14)9-15/h2-3,8,10-11H,4-7,16H2,1H3. The lowest BCUT2D eigenvalue weighted by molar-refractivity contribution is -0.384. The van der Waals surface area contributed by atoms with Crippen molar-refractivity contribution in [1.82, 2.24) is 0 Å². The molecule has 106 valence electrons. The van der Waals surface area contributed by atoms with E-state index in [1.807, 2.05) is 6.92 Å². The van der Waals surface area contributed by atoms with Crippen LogP contribution in [0.2, 0.25) is 0 Å². The second-order valence-corrected chi connectivity index (χ2v) is 5.25. The number of benzene rings is 1. The summed E-state index contributed by atoms with van der Waals surface area (Å²) in [4.78, 5) is 12.4. The monoisotopic (exact) mass is 274 g/mol. The van der Waals surface area contributed by atoms with Gasteiger partial charge in [0.1, 0.15) is 6.07 Å². The number of piperidine rings is 1. The van der Waals surface area contributed by atoms with Crippen molar-refractivity contribution in [3.63, 3.8) is 0 Å². The molecule has 1 atom stereocenters. The predicted octanol–water partition coefficient (Wildman–Crippen LogP) is 2.03. The summed E-state index contributed by atoms with van der Waals surface area (Å²) >= 11 is 0. The van der Waals surface area contributed by atoms with Gasteiger partial charge in [-0.2, -0.15) is 5.26 Å². The van der Waals surface area contributed by atoms with Crippen molar-refractivity contribution in [2.24, 2.45) is 11.7 Å². The van der Waals surface area contributed by atoms with Crippen LogP contribution in [0, 0.1) is 27.4 Å². The number of anilines is 1. The molecule has 1 heterocycles. The van der Waals surface area contributed by atoms with E-state index < -0.39 is 4.92 Å². The van der Waals surface area contributed by atoms with Gasteiger partial charge in [0.2, 0.25) is 0 Å². The Morgan fingerprint density at radius 3 is 2.65 bits per heavy atom. The number of non-ortho nitro benzene ring substituents is 1. The highest BCUT2D eigenvalue weighted by atomic mass is 16.6. The van der Waals surface area contributed by atoms with Gasteiger partial charge < -0.3 is 10.6 Å². The molecule has 1 aromatic rings. The number of nitro benzene ring substituents is 1. The number of nitrogens with two attached hydrogens (primary N) is 1. The molecule has 6 heteroatoms. The quantitative estimate of drug-likeness (QED) is 0.672. The predicted molar refractivity (Wildman–Crippen MR) is 76.4 cm³/mol. The Bertz CT molecular complexity index is 543. The van der Waals surface area contributed by atoms with Crippen molar-refractivity contribution >= 4 is 11.4 Å². The molecule has 6 nitrogen and oxygen atoms in total. The van der Waals surface area contributed by atoms with Crippen LogP contribution >= 0.6 is 0 Å². The van der Waals surface area contributed by atoms with Crippen LogP contribution < -0.4 is 10.6 Å². The van der Waals surface area contributed by atoms with E-state index in [4.69, 9.17) is 5.73 Å². The van der Waals surface area contributed by atoms with Crippen molar-refractivity contribution in [2.75, 3.05) is 18.0 Å². The van der Waals surface area contributed by atoms with E-state index in [-0.39, 0.29) is 11.7 Å². The third-order valence-corrected chi connectivity index (χ3v) is 3.94. The second kappa shape index (κ2) is 5.88. The molecule has 1 aromatic carbocycles. The van der Waals surface area contributed by atoms with Crippen LogP contribution in [0.3, 0.4) is 0 Å². The summed E-state index contributed by atoms with van der Waals surface area (Å²) in [6.07, 6.45) is 1.97. The third kappa shape index (κ3) is 2.89. The SMILES string of the molecule is CC(N)C1CCN(c2ccc([N+](=O)[O-])cc2C#N)CC1. The molecule has 2 rings (SSSR count). The zero-order chi connectivity index (χ0) is 14.7. The minimum absolute atomic E-state index is 0.0456. The van der Waals surface area contributed by atoms with E-state index in [9.17, 15) is 15.4 Å². The number of hydrogen-bond acceptors (Lipinski definition) is 5. The smallest absolute Gasteiger partial charge is 0.270 e. The maximum Gasteiger partial charge on any atom is 0.270 e. The van der Waals surface area contributed by atoms with Crippen molar-refractivity contribution in [1.29, 1.82) is 5.26 Å². The van der Waals surface area contributed by atoms with Crippen molar-refractivity contribution in [2.45, 2.75) is 25.8 Å². The molecule has 1 unspecified atom stereocenters. The minimum atomic E-state index is -0.479. The van der Waals surface area contributed by atoms with E-state index >= 15 is 0 Å². The normalized spacial score (nSPS) is 17.6. The fourth-order valence-corrected chi connectivity index (χ4v) is 2.67. The summed E-state index contributed by atoms with van der Waals surface area (Å²) in [5, 5.41) is 19.9. The van der Waals surface area contributed by atoms with E-state index in [2.05, 4.69) is 11.0 Å². The van der Waals surface area contributed by atoms with Gasteiger partial charge in [0.05, 0.1) is 16.2 Å². The van der Waals surface area contributed by atoms with Crippen LogP contribution in [0.4, 0.5) is 11.4 Å². The van der Waals surface area contributed by atoms with Crippen LogP contribution in [-0.4, -0.2) is 24.1 Å². The molecule has 1 saturated heterocycles. The number of nitro groups is 1. The van der Waals surface area contributed by atoms with Gasteiger partial charge >= 0.3 is 0 Å². The van der Waals surface area contributed by atoms with Crippen LogP contribution in [0.25, 0.3) is 0 Å². The van der Waals surface area contributed by atoms with E-state index in [0.29, 0.717) is 11.5 Å². The first-order chi connectivity index (χ1) is 9.52. The van der Waals surface area contributed by atoms with Crippen LogP contribution in [0.1, 0.15) is 25.3 Å². The molecule has 1 aliphatic heterocycles. The Labute approximate surface area is 117 Å². The summed E-state index contributed by atoms with van der Waals surface area (Å²) in [6.45, 7) is 3.68. The van der Waals surface area contributed by atoms with E-state index in [0.717, 1.165) is 31.6 Å². The maximum absolute atomic E-state index is 10.7. The molecule has 20 heavy (non-hydrogen) atoms. The highest BCUT2D eigenvalue weighted by molar-refractivity contribution is 5.63. The van der Waals surface area contributed by atoms with Crippen molar-refractivity contribution in [3.05, 3.63) is 33.9 Å². The van der Waals surface area contributed by atoms with Gasteiger partial charge in [0, 0.05) is 31.3 Å². The highest BCUT2D eigenvalue weighted by Crippen LogP contribution is 2.29. The molecule has 0 radical (unpaired) electrons. The van der Waals surface area contributed by atoms with Gasteiger partial charge in [-0.15, -0.1) is 0 Å². The summed E-state index contributed by atoms with van der Waals surface area (Å²) in [5.74, 6) is 0.509. The Morgan fingerprint density at radius 1 is 1.50 bits per heavy atom.